The Kier molecular flexibility index (Phi) is 5.58. The van der Waals surface area contributed by atoms with E-state index < -0.39 is 10.0 Å². The molecule has 5 nitrogen and oxygen atoms in total. The van der Waals surface area contributed by atoms with Gasteiger partial charge in [0.1, 0.15) is 0 Å². The molecule has 0 aromatic heterocycles. The SMILES string of the molecule is CC(C)(CCO)NCC1CCCN(S(C)(=O)=O)C1. The van der Waals surface area contributed by atoms with Gasteiger partial charge >= 0.3 is 0 Å². The lowest BCUT2D eigenvalue weighted by Crippen LogP contribution is -2.47. The maximum Gasteiger partial charge on any atom is 0.211 e. The van der Waals surface area contributed by atoms with Crippen LogP contribution in [-0.4, -0.2) is 55.9 Å². The van der Waals surface area contributed by atoms with Crippen LogP contribution in [0.5, 0.6) is 0 Å². The molecular weight excluding hydrogens is 252 g/mol. The Hall–Kier alpha value is -0.170. The highest BCUT2D eigenvalue weighted by Crippen LogP contribution is 2.19. The Morgan fingerprint density at radius 1 is 1.44 bits per heavy atom. The van der Waals surface area contributed by atoms with Crippen molar-refractivity contribution in [3.63, 3.8) is 0 Å². The second kappa shape index (κ2) is 6.32. The van der Waals surface area contributed by atoms with Crippen molar-refractivity contribution in [2.75, 3.05) is 32.5 Å². The third kappa shape index (κ3) is 5.22. The van der Waals surface area contributed by atoms with Crippen molar-refractivity contribution in [2.45, 2.75) is 38.6 Å². The number of aliphatic hydroxyl groups excluding tert-OH is 1. The minimum atomic E-state index is -3.06. The predicted octanol–water partition coefficient (Wildman–Crippen LogP) is 0.409. The molecule has 0 aromatic rings. The third-order valence-corrected chi connectivity index (χ3v) is 4.83. The van der Waals surface area contributed by atoms with E-state index in [0.717, 1.165) is 19.4 Å². The molecule has 18 heavy (non-hydrogen) atoms. The zero-order chi connectivity index (χ0) is 13.8. The van der Waals surface area contributed by atoms with Crippen LogP contribution in [0.1, 0.15) is 33.1 Å². The Morgan fingerprint density at radius 2 is 2.11 bits per heavy atom. The van der Waals surface area contributed by atoms with Crippen LogP contribution in [0.2, 0.25) is 0 Å². The molecule has 1 atom stereocenters. The fourth-order valence-electron chi connectivity index (χ4n) is 2.28. The normalized spacial score (nSPS) is 23.2. The summed E-state index contributed by atoms with van der Waals surface area (Å²) in [5, 5.41) is 12.4. The number of hydrogen-bond acceptors (Lipinski definition) is 4. The Morgan fingerprint density at radius 3 is 2.67 bits per heavy atom. The molecular formula is C12H26N2O3S. The van der Waals surface area contributed by atoms with Gasteiger partial charge in [-0.05, 0) is 45.6 Å². The number of sulfonamides is 1. The Balaban J connectivity index is 2.44. The van der Waals surface area contributed by atoms with Crippen LogP contribution in [-0.2, 0) is 10.0 Å². The fraction of sp³-hybridized carbons (Fsp3) is 1.00. The lowest BCUT2D eigenvalue weighted by Gasteiger charge is -2.34. The van der Waals surface area contributed by atoms with Gasteiger partial charge in [-0.15, -0.1) is 0 Å². The van der Waals surface area contributed by atoms with E-state index in [2.05, 4.69) is 19.2 Å². The fourth-order valence-corrected chi connectivity index (χ4v) is 3.23. The van der Waals surface area contributed by atoms with Crippen LogP contribution in [0.4, 0.5) is 0 Å². The summed E-state index contributed by atoms with van der Waals surface area (Å²) in [6.07, 6.45) is 3.97. The summed E-state index contributed by atoms with van der Waals surface area (Å²) >= 11 is 0. The molecule has 1 fully saturated rings. The first-order valence-electron chi connectivity index (χ1n) is 6.55. The lowest BCUT2D eigenvalue weighted by atomic mass is 9.96. The highest BCUT2D eigenvalue weighted by molar-refractivity contribution is 7.88. The van der Waals surface area contributed by atoms with Gasteiger partial charge in [0.25, 0.3) is 0 Å². The van der Waals surface area contributed by atoms with Crippen molar-refractivity contribution in [1.82, 2.24) is 9.62 Å². The van der Waals surface area contributed by atoms with Crippen molar-refractivity contribution in [2.24, 2.45) is 5.92 Å². The number of hydrogen-bond donors (Lipinski definition) is 2. The molecule has 0 spiro atoms. The van der Waals surface area contributed by atoms with Gasteiger partial charge in [0.15, 0.2) is 0 Å². The lowest BCUT2D eigenvalue weighted by molar-refractivity contribution is 0.207. The molecule has 108 valence electrons. The number of nitrogens with one attached hydrogen (secondary N) is 1. The quantitative estimate of drug-likeness (QED) is 0.738. The van der Waals surface area contributed by atoms with Gasteiger partial charge in [-0.25, -0.2) is 12.7 Å². The first kappa shape index (κ1) is 15.9. The van der Waals surface area contributed by atoms with Crippen molar-refractivity contribution in [1.29, 1.82) is 0 Å². The molecule has 1 aliphatic heterocycles. The second-order valence-corrected chi connectivity index (χ2v) is 7.85. The zero-order valence-corrected chi connectivity index (χ0v) is 12.5. The minimum absolute atomic E-state index is 0.0951. The summed E-state index contributed by atoms with van der Waals surface area (Å²) in [5.41, 5.74) is -0.0951. The standard InChI is InChI=1S/C12H26N2O3S/c1-12(2,6-8-15)13-9-11-5-4-7-14(10-11)18(3,16)17/h11,13,15H,4-10H2,1-3H3. The number of piperidine rings is 1. The highest BCUT2D eigenvalue weighted by Gasteiger charge is 2.27. The average Bonchev–Trinajstić information content (AvgIpc) is 2.26. The smallest absolute Gasteiger partial charge is 0.211 e. The molecule has 0 aromatic carbocycles. The van der Waals surface area contributed by atoms with E-state index in [4.69, 9.17) is 5.11 Å². The molecule has 6 heteroatoms. The number of aliphatic hydroxyl groups is 1. The van der Waals surface area contributed by atoms with Gasteiger partial charge in [0.05, 0.1) is 6.26 Å². The van der Waals surface area contributed by atoms with Crippen LogP contribution < -0.4 is 5.32 Å². The molecule has 0 bridgehead atoms. The minimum Gasteiger partial charge on any atom is -0.396 e. The molecule has 0 radical (unpaired) electrons. The second-order valence-electron chi connectivity index (χ2n) is 5.87. The summed E-state index contributed by atoms with van der Waals surface area (Å²) in [4.78, 5) is 0. The van der Waals surface area contributed by atoms with Crippen LogP contribution in [0.25, 0.3) is 0 Å². The predicted molar refractivity (Wildman–Crippen MR) is 72.9 cm³/mol. The molecule has 1 saturated heterocycles. The molecule has 1 unspecified atom stereocenters. The summed E-state index contributed by atoms with van der Waals surface area (Å²) in [6.45, 7) is 6.34. The monoisotopic (exact) mass is 278 g/mol. The van der Waals surface area contributed by atoms with E-state index in [1.165, 1.54) is 6.26 Å². The van der Waals surface area contributed by atoms with Crippen molar-refractivity contribution < 1.29 is 13.5 Å². The van der Waals surface area contributed by atoms with E-state index in [9.17, 15) is 8.42 Å². The number of nitrogens with zero attached hydrogens (tertiary/aromatic N) is 1. The topological polar surface area (TPSA) is 69.6 Å². The first-order valence-corrected chi connectivity index (χ1v) is 8.40. The molecule has 0 saturated carbocycles. The summed E-state index contributed by atoms with van der Waals surface area (Å²) < 4.78 is 24.6. The Bertz CT molecular complexity index is 354. The third-order valence-electron chi connectivity index (χ3n) is 3.56. The van der Waals surface area contributed by atoms with Gasteiger partial charge < -0.3 is 10.4 Å². The van der Waals surface area contributed by atoms with Crippen LogP contribution in [0.15, 0.2) is 0 Å². The molecule has 1 heterocycles. The van der Waals surface area contributed by atoms with Crippen molar-refractivity contribution >= 4 is 10.0 Å². The van der Waals surface area contributed by atoms with Gasteiger partial charge in [-0.2, -0.15) is 0 Å². The summed E-state index contributed by atoms with van der Waals surface area (Å²) in [6, 6.07) is 0. The first-order chi connectivity index (χ1) is 8.24. The van der Waals surface area contributed by atoms with Crippen LogP contribution in [0.3, 0.4) is 0 Å². The van der Waals surface area contributed by atoms with Gasteiger partial charge in [0, 0.05) is 25.2 Å². The van der Waals surface area contributed by atoms with E-state index in [1.807, 2.05) is 0 Å². The average molecular weight is 278 g/mol. The molecule has 0 aliphatic carbocycles. The van der Waals surface area contributed by atoms with Gasteiger partial charge in [0.2, 0.25) is 10.0 Å². The van der Waals surface area contributed by atoms with E-state index >= 15 is 0 Å². The largest absolute Gasteiger partial charge is 0.396 e. The van der Waals surface area contributed by atoms with E-state index in [1.54, 1.807) is 4.31 Å². The van der Waals surface area contributed by atoms with Crippen molar-refractivity contribution in [3.05, 3.63) is 0 Å². The molecule has 2 N–H and O–H groups in total. The van der Waals surface area contributed by atoms with E-state index in [0.29, 0.717) is 25.4 Å². The Labute approximate surface area is 111 Å². The number of rotatable bonds is 6. The summed E-state index contributed by atoms with van der Waals surface area (Å²) in [5.74, 6) is 0.367. The maximum atomic E-state index is 11.5. The highest BCUT2D eigenvalue weighted by atomic mass is 32.2. The van der Waals surface area contributed by atoms with Gasteiger partial charge in [-0.1, -0.05) is 0 Å². The zero-order valence-electron chi connectivity index (χ0n) is 11.6. The molecule has 1 aliphatic rings. The van der Waals surface area contributed by atoms with Crippen LogP contribution in [0, 0.1) is 5.92 Å². The molecule has 1 rings (SSSR count). The van der Waals surface area contributed by atoms with Gasteiger partial charge in [-0.3, -0.25) is 0 Å². The van der Waals surface area contributed by atoms with Crippen molar-refractivity contribution in [3.8, 4) is 0 Å². The van der Waals surface area contributed by atoms with E-state index in [-0.39, 0.29) is 12.1 Å². The van der Waals surface area contributed by atoms with Crippen LogP contribution >= 0.6 is 0 Å². The summed E-state index contributed by atoms with van der Waals surface area (Å²) in [7, 11) is -3.06. The molecule has 0 amide bonds. The maximum absolute atomic E-state index is 11.5.